The molecule has 0 saturated carbocycles. The van der Waals surface area contributed by atoms with E-state index in [1.807, 2.05) is 37.3 Å². The number of amides is 1. The highest BCUT2D eigenvalue weighted by Crippen LogP contribution is 2.35. The highest BCUT2D eigenvalue weighted by molar-refractivity contribution is 6.35. The lowest BCUT2D eigenvalue weighted by Gasteiger charge is -2.17. The van der Waals surface area contributed by atoms with Gasteiger partial charge in [-0.15, -0.1) is 6.58 Å². The molecule has 8 heteroatoms. The molecule has 1 N–H and O–H groups in total. The molecule has 0 atom stereocenters. The molecule has 4 aromatic rings. The first kappa shape index (κ1) is 25.4. The summed E-state index contributed by atoms with van der Waals surface area (Å²) in [7, 11) is 0. The van der Waals surface area contributed by atoms with Gasteiger partial charge < -0.3 is 13.9 Å². The standard InChI is InChI=1S/C28H24Cl2N2O4/c1-3-7-20-12-18(16-31-32-28(33)26-14-19-8-5-6-9-24(19)36-26)13-25(34-4-2)27(20)35-17-21-10-11-22(29)15-23(21)30/h3,5-6,8-16H,1,4,7,17H2,2H3,(H,32,33)/b31-16+. The molecule has 1 heterocycles. The number of nitrogens with one attached hydrogen (secondary N) is 1. The second kappa shape index (κ2) is 11.8. The van der Waals surface area contributed by atoms with Gasteiger partial charge in [-0.05, 0) is 55.3 Å². The van der Waals surface area contributed by atoms with E-state index in [0.717, 1.165) is 22.1 Å². The van der Waals surface area contributed by atoms with Crippen LogP contribution in [0.2, 0.25) is 10.0 Å². The summed E-state index contributed by atoms with van der Waals surface area (Å²) >= 11 is 12.3. The van der Waals surface area contributed by atoms with Gasteiger partial charge in [0.25, 0.3) is 0 Å². The Bertz CT molecular complexity index is 1400. The molecule has 0 aliphatic heterocycles. The van der Waals surface area contributed by atoms with E-state index in [0.29, 0.717) is 40.2 Å². The van der Waals surface area contributed by atoms with Gasteiger partial charge in [-0.25, -0.2) is 5.43 Å². The molecule has 0 aliphatic rings. The van der Waals surface area contributed by atoms with Crippen LogP contribution in [-0.4, -0.2) is 18.7 Å². The number of hydrogen-bond donors (Lipinski definition) is 1. The molecule has 1 aromatic heterocycles. The Morgan fingerprint density at radius 2 is 1.92 bits per heavy atom. The molecule has 3 aromatic carbocycles. The number of ether oxygens (including phenoxy) is 2. The van der Waals surface area contributed by atoms with E-state index < -0.39 is 5.91 Å². The first-order valence-electron chi connectivity index (χ1n) is 11.3. The molecular formula is C28H24Cl2N2O4. The zero-order valence-electron chi connectivity index (χ0n) is 19.6. The van der Waals surface area contributed by atoms with Crippen LogP contribution in [0.25, 0.3) is 11.0 Å². The lowest BCUT2D eigenvalue weighted by atomic mass is 10.1. The van der Waals surface area contributed by atoms with Crippen molar-refractivity contribution >= 4 is 46.3 Å². The van der Waals surface area contributed by atoms with E-state index in [2.05, 4.69) is 17.1 Å². The fraction of sp³-hybridized carbons (Fsp3) is 0.143. The molecule has 0 radical (unpaired) electrons. The van der Waals surface area contributed by atoms with Crippen LogP contribution in [0.4, 0.5) is 0 Å². The Kier molecular flexibility index (Phi) is 8.31. The molecule has 1 amide bonds. The van der Waals surface area contributed by atoms with Gasteiger partial charge in [-0.1, -0.05) is 53.5 Å². The average Bonchev–Trinajstić information content (AvgIpc) is 3.29. The van der Waals surface area contributed by atoms with E-state index in [1.54, 1.807) is 36.4 Å². The maximum atomic E-state index is 12.5. The number of para-hydroxylation sites is 1. The first-order chi connectivity index (χ1) is 17.5. The van der Waals surface area contributed by atoms with Gasteiger partial charge in [-0.2, -0.15) is 5.10 Å². The third-order valence-electron chi connectivity index (χ3n) is 5.23. The van der Waals surface area contributed by atoms with Crippen molar-refractivity contribution < 1.29 is 18.7 Å². The number of benzene rings is 3. The normalized spacial score (nSPS) is 11.1. The molecule has 0 spiro atoms. The molecule has 0 aliphatic carbocycles. The van der Waals surface area contributed by atoms with Gasteiger partial charge in [0, 0.05) is 26.6 Å². The Morgan fingerprint density at radius 1 is 1.08 bits per heavy atom. The lowest BCUT2D eigenvalue weighted by Crippen LogP contribution is -2.16. The molecule has 0 fully saturated rings. The third kappa shape index (κ3) is 6.08. The van der Waals surface area contributed by atoms with Gasteiger partial charge in [0.15, 0.2) is 17.3 Å². The number of furan rings is 1. The number of nitrogens with zero attached hydrogens (tertiary/aromatic N) is 1. The van der Waals surface area contributed by atoms with Crippen molar-refractivity contribution in [3.05, 3.63) is 106 Å². The number of allylic oxidation sites excluding steroid dienone is 1. The van der Waals surface area contributed by atoms with Crippen LogP contribution in [-0.2, 0) is 13.0 Å². The molecule has 0 saturated heterocycles. The summed E-state index contributed by atoms with van der Waals surface area (Å²) in [6.07, 6.45) is 3.85. The van der Waals surface area contributed by atoms with E-state index in [1.165, 1.54) is 6.21 Å². The number of hydrazone groups is 1. The van der Waals surface area contributed by atoms with E-state index in [4.69, 9.17) is 37.1 Å². The molecule has 6 nitrogen and oxygen atoms in total. The summed E-state index contributed by atoms with van der Waals surface area (Å²) in [5.41, 5.74) is 5.51. The van der Waals surface area contributed by atoms with Crippen LogP contribution in [0.5, 0.6) is 11.5 Å². The predicted molar refractivity (Wildman–Crippen MR) is 144 cm³/mol. The molecule has 184 valence electrons. The summed E-state index contributed by atoms with van der Waals surface area (Å²) in [5.74, 6) is 0.872. The molecular weight excluding hydrogens is 499 g/mol. The Labute approximate surface area is 219 Å². The first-order valence-corrected chi connectivity index (χ1v) is 12.0. The SMILES string of the molecule is C=CCc1cc(/C=N/NC(=O)c2cc3ccccc3o2)cc(OCC)c1OCc1ccc(Cl)cc1Cl. The van der Waals surface area contributed by atoms with Crippen LogP contribution < -0.4 is 14.9 Å². The van der Waals surface area contributed by atoms with Crippen LogP contribution in [0.3, 0.4) is 0 Å². The summed E-state index contributed by atoms with van der Waals surface area (Å²) < 4.78 is 17.6. The molecule has 0 bridgehead atoms. The number of rotatable bonds is 10. The second-order valence-corrected chi connectivity index (χ2v) is 8.65. The van der Waals surface area contributed by atoms with Crippen molar-refractivity contribution in [3.8, 4) is 11.5 Å². The monoisotopic (exact) mass is 522 g/mol. The minimum atomic E-state index is -0.446. The largest absolute Gasteiger partial charge is 0.490 e. The number of carbonyl (C=O) groups excluding carboxylic acids is 1. The van der Waals surface area contributed by atoms with Crippen molar-refractivity contribution in [2.45, 2.75) is 20.0 Å². The van der Waals surface area contributed by atoms with E-state index in [-0.39, 0.29) is 12.4 Å². The second-order valence-electron chi connectivity index (χ2n) is 7.81. The van der Waals surface area contributed by atoms with E-state index in [9.17, 15) is 4.79 Å². The Hall–Kier alpha value is -3.74. The summed E-state index contributed by atoms with van der Waals surface area (Å²) in [4.78, 5) is 12.5. The minimum Gasteiger partial charge on any atom is -0.490 e. The van der Waals surface area contributed by atoms with Crippen molar-refractivity contribution in [2.24, 2.45) is 5.10 Å². The van der Waals surface area contributed by atoms with E-state index >= 15 is 0 Å². The summed E-state index contributed by atoms with van der Waals surface area (Å²) in [6.45, 7) is 6.42. The zero-order chi connectivity index (χ0) is 25.5. The maximum Gasteiger partial charge on any atom is 0.307 e. The Balaban J connectivity index is 1.53. The van der Waals surface area contributed by atoms with Crippen molar-refractivity contribution in [1.82, 2.24) is 5.43 Å². The minimum absolute atomic E-state index is 0.181. The van der Waals surface area contributed by atoms with Crippen molar-refractivity contribution in [1.29, 1.82) is 0 Å². The van der Waals surface area contributed by atoms with Crippen LogP contribution in [0.15, 0.2) is 82.8 Å². The van der Waals surface area contributed by atoms with Crippen molar-refractivity contribution in [3.63, 3.8) is 0 Å². The van der Waals surface area contributed by atoms with Crippen LogP contribution in [0, 0.1) is 0 Å². The number of carbonyl (C=O) groups is 1. The topological polar surface area (TPSA) is 73.1 Å². The highest BCUT2D eigenvalue weighted by atomic mass is 35.5. The van der Waals surface area contributed by atoms with Crippen LogP contribution in [0.1, 0.15) is 34.2 Å². The summed E-state index contributed by atoms with van der Waals surface area (Å²) in [6, 6.07) is 18.0. The fourth-order valence-corrected chi connectivity index (χ4v) is 4.06. The number of fused-ring (bicyclic) bond motifs is 1. The molecule has 0 unspecified atom stereocenters. The van der Waals surface area contributed by atoms with Gasteiger partial charge >= 0.3 is 5.91 Å². The summed E-state index contributed by atoms with van der Waals surface area (Å²) in [5, 5.41) is 6.02. The highest BCUT2D eigenvalue weighted by Gasteiger charge is 2.15. The number of hydrogen-bond acceptors (Lipinski definition) is 5. The third-order valence-corrected chi connectivity index (χ3v) is 5.82. The average molecular weight is 523 g/mol. The van der Waals surface area contributed by atoms with Gasteiger partial charge in [-0.3, -0.25) is 4.79 Å². The van der Waals surface area contributed by atoms with Gasteiger partial charge in [0.05, 0.1) is 12.8 Å². The predicted octanol–water partition coefficient (Wildman–Crippen LogP) is 7.21. The molecule has 4 rings (SSSR count). The molecule has 36 heavy (non-hydrogen) atoms. The van der Waals surface area contributed by atoms with Gasteiger partial charge in [0.1, 0.15) is 12.2 Å². The fourth-order valence-electron chi connectivity index (χ4n) is 3.59. The zero-order valence-corrected chi connectivity index (χ0v) is 21.1. The smallest absolute Gasteiger partial charge is 0.307 e. The van der Waals surface area contributed by atoms with Gasteiger partial charge in [0.2, 0.25) is 0 Å². The lowest BCUT2D eigenvalue weighted by molar-refractivity contribution is 0.0929. The quantitative estimate of drug-likeness (QED) is 0.135. The van der Waals surface area contributed by atoms with Crippen LogP contribution >= 0.6 is 23.2 Å². The maximum absolute atomic E-state index is 12.5. The Morgan fingerprint density at radius 3 is 2.67 bits per heavy atom. The van der Waals surface area contributed by atoms with Crippen molar-refractivity contribution in [2.75, 3.05) is 6.61 Å². The number of halogens is 2.